The summed E-state index contributed by atoms with van der Waals surface area (Å²) in [6.45, 7) is 1.34. The third kappa shape index (κ3) is 5.09. The summed E-state index contributed by atoms with van der Waals surface area (Å²) >= 11 is 5.95. The zero-order chi connectivity index (χ0) is 20.8. The second kappa shape index (κ2) is 9.17. The predicted molar refractivity (Wildman–Crippen MR) is 111 cm³/mol. The summed E-state index contributed by atoms with van der Waals surface area (Å²) in [5, 5.41) is 3.10. The molecule has 0 radical (unpaired) electrons. The van der Waals surface area contributed by atoms with Crippen LogP contribution in [0.3, 0.4) is 0 Å². The number of para-hydroxylation sites is 1. The van der Waals surface area contributed by atoms with E-state index in [1.165, 1.54) is 13.0 Å². The third-order valence-corrected chi connectivity index (χ3v) is 4.40. The Kier molecular flexibility index (Phi) is 6.42. The fourth-order valence-electron chi connectivity index (χ4n) is 2.79. The van der Waals surface area contributed by atoms with Crippen LogP contribution in [0.2, 0.25) is 5.02 Å². The first kappa shape index (κ1) is 20.3. The highest BCUT2D eigenvalue weighted by Gasteiger charge is 2.27. The first-order valence-electron chi connectivity index (χ1n) is 8.88. The molecule has 6 heteroatoms. The molecule has 0 heterocycles. The van der Waals surface area contributed by atoms with Gasteiger partial charge in [-0.05, 0) is 24.3 Å². The normalized spacial score (nSPS) is 11.4. The van der Waals surface area contributed by atoms with E-state index in [1.54, 1.807) is 72.8 Å². The highest BCUT2D eigenvalue weighted by atomic mass is 35.5. The van der Waals surface area contributed by atoms with Gasteiger partial charge in [0.05, 0.1) is 11.3 Å². The van der Waals surface area contributed by atoms with Crippen molar-refractivity contribution in [3.63, 3.8) is 0 Å². The van der Waals surface area contributed by atoms with Crippen molar-refractivity contribution in [1.29, 1.82) is 0 Å². The van der Waals surface area contributed by atoms with Crippen molar-refractivity contribution in [2.75, 3.05) is 5.32 Å². The molecule has 1 N–H and O–H groups in total. The van der Waals surface area contributed by atoms with Gasteiger partial charge >= 0.3 is 5.97 Å². The summed E-state index contributed by atoms with van der Waals surface area (Å²) in [5.74, 6) is -1.41. The van der Waals surface area contributed by atoms with Gasteiger partial charge in [0, 0.05) is 23.1 Å². The Morgan fingerprint density at radius 2 is 1.48 bits per heavy atom. The number of rotatable bonds is 6. The van der Waals surface area contributed by atoms with Gasteiger partial charge in [-0.25, -0.2) is 4.79 Å². The van der Waals surface area contributed by atoms with Crippen LogP contribution < -0.4 is 5.32 Å². The molecule has 0 bridgehead atoms. The van der Waals surface area contributed by atoms with Crippen molar-refractivity contribution >= 4 is 34.9 Å². The van der Waals surface area contributed by atoms with Crippen LogP contribution in [-0.4, -0.2) is 17.7 Å². The van der Waals surface area contributed by atoms with E-state index in [0.29, 0.717) is 21.8 Å². The molecule has 5 nitrogen and oxygen atoms in total. The molecule has 0 aromatic heterocycles. The second-order valence-electron chi connectivity index (χ2n) is 6.29. The van der Waals surface area contributed by atoms with E-state index in [9.17, 15) is 14.4 Å². The number of carbonyl (C=O) groups excluding carboxylic acids is 3. The average Bonchev–Trinajstić information content (AvgIpc) is 2.73. The Bertz CT molecular complexity index is 1030. The van der Waals surface area contributed by atoms with E-state index in [1.807, 2.05) is 0 Å². The average molecular weight is 408 g/mol. The molecular formula is C23H18ClNO4. The minimum Gasteiger partial charge on any atom is -0.445 e. The Balaban J connectivity index is 1.95. The number of Topliss-reactive ketones (excluding diaryl/α,β-unsaturated/α-hetero) is 1. The van der Waals surface area contributed by atoms with E-state index in [2.05, 4.69) is 5.32 Å². The van der Waals surface area contributed by atoms with Crippen molar-refractivity contribution in [2.24, 2.45) is 0 Å². The van der Waals surface area contributed by atoms with E-state index in [4.69, 9.17) is 16.3 Å². The second-order valence-corrected chi connectivity index (χ2v) is 6.73. The van der Waals surface area contributed by atoms with Gasteiger partial charge in [-0.3, -0.25) is 9.59 Å². The number of hydrogen-bond donors (Lipinski definition) is 1. The van der Waals surface area contributed by atoms with Crippen LogP contribution in [0.4, 0.5) is 5.69 Å². The molecule has 1 atom stereocenters. The van der Waals surface area contributed by atoms with Gasteiger partial charge in [-0.1, -0.05) is 66.2 Å². The van der Waals surface area contributed by atoms with Crippen molar-refractivity contribution < 1.29 is 19.1 Å². The lowest BCUT2D eigenvalue weighted by Crippen LogP contribution is -2.21. The molecular weight excluding hydrogens is 390 g/mol. The highest BCUT2D eigenvalue weighted by Crippen LogP contribution is 2.27. The molecule has 0 aliphatic rings. The van der Waals surface area contributed by atoms with Crippen LogP contribution in [0.25, 0.3) is 0 Å². The van der Waals surface area contributed by atoms with Gasteiger partial charge in [0.2, 0.25) is 11.7 Å². The van der Waals surface area contributed by atoms with Gasteiger partial charge in [-0.15, -0.1) is 0 Å². The standard InChI is InChI=1S/C23H18ClNO4/c1-15(26)25-20-10-6-5-9-19(20)23(28)29-22(17-11-13-18(24)14-12-17)21(27)16-7-3-2-4-8-16/h2-14,22H,1H3,(H,25,26)/t22-/m1/s1. The Labute approximate surface area is 173 Å². The summed E-state index contributed by atoms with van der Waals surface area (Å²) in [6.07, 6.45) is -1.16. The van der Waals surface area contributed by atoms with Crippen LogP contribution in [0.5, 0.6) is 0 Å². The van der Waals surface area contributed by atoms with Crippen molar-refractivity contribution in [2.45, 2.75) is 13.0 Å². The molecule has 0 aliphatic heterocycles. The summed E-state index contributed by atoms with van der Waals surface area (Å²) in [6, 6.07) is 21.6. The van der Waals surface area contributed by atoms with Crippen molar-refractivity contribution in [3.05, 3.63) is 101 Å². The number of esters is 1. The van der Waals surface area contributed by atoms with E-state index >= 15 is 0 Å². The number of halogens is 1. The Morgan fingerprint density at radius 3 is 2.14 bits per heavy atom. The maximum atomic E-state index is 13.1. The number of anilines is 1. The SMILES string of the molecule is CC(=O)Nc1ccccc1C(=O)O[C@@H](C(=O)c1ccccc1)c1ccc(Cl)cc1. The molecule has 0 fully saturated rings. The number of amides is 1. The molecule has 0 saturated heterocycles. The van der Waals surface area contributed by atoms with E-state index < -0.39 is 12.1 Å². The Morgan fingerprint density at radius 1 is 0.862 bits per heavy atom. The van der Waals surface area contributed by atoms with Gasteiger partial charge in [0.15, 0.2) is 6.10 Å². The topological polar surface area (TPSA) is 72.5 Å². The number of hydrogen-bond acceptors (Lipinski definition) is 4. The Hall–Kier alpha value is -3.44. The number of carbonyl (C=O) groups is 3. The van der Waals surface area contributed by atoms with E-state index in [0.717, 1.165) is 0 Å². The smallest absolute Gasteiger partial charge is 0.341 e. The molecule has 0 saturated carbocycles. The van der Waals surface area contributed by atoms with Crippen LogP contribution in [-0.2, 0) is 9.53 Å². The lowest BCUT2D eigenvalue weighted by Gasteiger charge is -2.18. The van der Waals surface area contributed by atoms with Crippen LogP contribution in [0.1, 0.15) is 39.3 Å². The largest absolute Gasteiger partial charge is 0.445 e. The minimum absolute atomic E-state index is 0.155. The number of benzene rings is 3. The summed E-state index contributed by atoms with van der Waals surface area (Å²) < 4.78 is 5.62. The van der Waals surface area contributed by atoms with Crippen molar-refractivity contribution in [1.82, 2.24) is 0 Å². The van der Waals surface area contributed by atoms with Gasteiger partial charge in [0.1, 0.15) is 0 Å². The first-order valence-corrected chi connectivity index (χ1v) is 9.26. The number of ketones is 1. The number of ether oxygens (including phenoxy) is 1. The minimum atomic E-state index is -1.16. The highest BCUT2D eigenvalue weighted by molar-refractivity contribution is 6.30. The van der Waals surface area contributed by atoms with Crippen LogP contribution in [0, 0.1) is 0 Å². The quantitative estimate of drug-likeness (QED) is 0.457. The maximum absolute atomic E-state index is 13.1. The molecule has 3 aromatic rings. The molecule has 146 valence electrons. The van der Waals surface area contributed by atoms with E-state index in [-0.39, 0.29) is 17.3 Å². The molecule has 29 heavy (non-hydrogen) atoms. The fraction of sp³-hybridized carbons (Fsp3) is 0.0870. The lowest BCUT2D eigenvalue weighted by molar-refractivity contribution is -0.114. The van der Waals surface area contributed by atoms with Gasteiger partial charge < -0.3 is 10.1 Å². The molecule has 3 rings (SSSR count). The first-order chi connectivity index (χ1) is 14.0. The molecule has 0 aliphatic carbocycles. The zero-order valence-electron chi connectivity index (χ0n) is 15.6. The monoisotopic (exact) mass is 407 g/mol. The summed E-state index contributed by atoms with van der Waals surface area (Å²) in [7, 11) is 0. The predicted octanol–water partition coefficient (Wildman–Crippen LogP) is 5.08. The summed E-state index contributed by atoms with van der Waals surface area (Å²) in [5.41, 5.74) is 1.37. The molecule has 0 spiro atoms. The summed E-state index contributed by atoms with van der Waals surface area (Å²) in [4.78, 5) is 37.4. The molecule has 3 aromatic carbocycles. The molecule has 1 amide bonds. The van der Waals surface area contributed by atoms with Gasteiger partial charge in [-0.2, -0.15) is 0 Å². The third-order valence-electron chi connectivity index (χ3n) is 4.15. The maximum Gasteiger partial charge on any atom is 0.341 e. The van der Waals surface area contributed by atoms with Crippen LogP contribution >= 0.6 is 11.6 Å². The van der Waals surface area contributed by atoms with Crippen molar-refractivity contribution in [3.8, 4) is 0 Å². The fourth-order valence-corrected chi connectivity index (χ4v) is 2.92. The zero-order valence-corrected chi connectivity index (χ0v) is 16.3. The lowest BCUT2D eigenvalue weighted by atomic mass is 9.99. The molecule has 0 unspecified atom stereocenters. The van der Waals surface area contributed by atoms with Crippen LogP contribution in [0.15, 0.2) is 78.9 Å². The van der Waals surface area contributed by atoms with Gasteiger partial charge in [0.25, 0.3) is 0 Å². The number of nitrogens with one attached hydrogen (secondary N) is 1.